The molecule has 0 bridgehead atoms. The highest BCUT2D eigenvalue weighted by molar-refractivity contribution is 5.03. The van der Waals surface area contributed by atoms with Crippen molar-refractivity contribution in [3.8, 4) is 0 Å². The van der Waals surface area contributed by atoms with Crippen LogP contribution >= 0.6 is 0 Å². The molecule has 1 aliphatic heterocycles. The van der Waals surface area contributed by atoms with Gasteiger partial charge in [0.05, 0.1) is 0 Å². The fourth-order valence-electron chi connectivity index (χ4n) is 3.29. The summed E-state index contributed by atoms with van der Waals surface area (Å²) in [5.74, 6) is 4.33. The molecular weight excluding hydrogens is 238 g/mol. The van der Waals surface area contributed by atoms with E-state index in [9.17, 15) is 0 Å². The molecule has 4 heteroatoms. The molecule has 1 atom stereocenters. The molecule has 3 rings (SSSR count). The Labute approximate surface area is 115 Å². The van der Waals surface area contributed by atoms with Gasteiger partial charge in [0.1, 0.15) is 0 Å². The zero-order valence-electron chi connectivity index (χ0n) is 12.1. The first kappa shape index (κ1) is 13.1. The second-order valence-electron chi connectivity index (χ2n) is 6.32. The first-order chi connectivity index (χ1) is 9.28. The summed E-state index contributed by atoms with van der Waals surface area (Å²) in [5, 5.41) is 7.55. The molecule has 0 aromatic carbocycles. The first-order valence-electron chi connectivity index (χ1n) is 7.82. The first-order valence-corrected chi connectivity index (χ1v) is 7.82. The Bertz CT molecular complexity index is 405. The third-order valence-corrected chi connectivity index (χ3v) is 5.16. The fourth-order valence-corrected chi connectivity index (χ4v) is 3.29. The summed E-state index contributed by atoms with van der Waals surface area (Å²) in [6.45, 7) is 6.67. The van der Waals surface area contributed by atoms with E-state index in [2.05, 4.69) is 29.3 Å². The standard InChI is InChI=1S/C15H25N3O/c1-3-11-4-6-12(7-5-11)14-17-15(19-18-14)10(2)13-8-16-9-13/h10-13,16H,3-9H2,1-2H3. The van der Waals surface area contributed by atoms with E-state index in [1.165, 1.54) is 32.1 Å². The Morgan fingerprint density at radius 2 is 2.00 bits per heavy atom. The molecule has 1 aromatic heterocycles. The van der Waals surface area contributed by atoms with Crippen LogP contribution in [0.3, 0.4) is 0 Å². The topological polar surface area (TPSA) is 51.0 Å². The summed E-state index contributed by atoms with van der Waals surface area (Å²) in [4.78, 5) is 4.68. The van der Waals surface area contributed by atoms with E-state index in [4.69, 9.17) is 4.52 Å². The molecule has 2 aliphatic rings. The third-order valence-electron chi connectivity index (χ3n) is 5.16. The zero-order valence-corrected chi connectivity index (χ0v) is 12.1. The monoisotopic (exact) mass is 263 g/mol. The van der Waals surface area contributed by atoms with Crippen molar-refractivity contribution in [3.63, 3.8) is 0 Å². The van der Waals surface area contributed by atoms with E-state index in [1.807, 2.05) is 0 Å². The van der Waals surface area contributed by atoms with Crippen LogP contribution in [-0.4, -0.2) is 23.2 Å². The zero-order chi connectivity index (χ0) is 13.2. The highest BCUT2D eigenvalue weighted by Crippen LogP contribution is 2.36. The largest absolute Gasteiger partial charge is 0.339 e. The normalized spacial score (nSPS) is 30.0. The lowest BCUT2D eigenvalue weighted by atomic mass is 9.80. The lowest BCUT2D eigenvalue weighted by Crippen LogP contribution is -2.44. The molecule has 0 radical (unpaired) electrons. The molecule has 0 amide bonds. The van der Waals surface area contributed by atoms with Crippen molar-refractivity contribution in [3.05, 3.63) is 11.7 Å². The lowest BCUT2D eigenvalue weighted by Gasteiger charge is -2.30. The van der Waals surface area contributed by atoms with E-state index in [1.54, 1.807) is 0 Å². The Balaban J connectivity index is 1.61. The van der Waals surface area contributed by atoms with Crippen LogP contribution in [0.1, 0.15) is 69.5 Å². The summed E-state index contributed by atoms with van der Waals surface area (Å²) in [5.41, 5.74) is 0. The molecule has 0 spiro atoms. The van der Waals surface area contributed by atoms with Gasteiger partial charge >= 0.3 is 0 Å². The molecule has 1 N–H and O–H groups in total. The fraction of sp³-hybridized carbons (Fsp3) is 0.867. The minimum Gasteiger partial charge on any atom is -0.339 e. The van der Waals surface area contributed by atoms with E-state index in [0.29, 0.717) is 17.8 Å². The van der Waals surface area contributed by atoms with Crippen molar-refractivity contribution >= 4 is 0 Å². The SMILES string of the molecule is CCC1CCC(c2noc(C(C)C3CNC3)n2)CC1. The average molecular weight is 263 g/mol. The molecule has 1 aromatic rings. The van der Waals surface area contributed by atoms with Crippen LogP contribution in [0.2, 0.25) is 0 Å². The summed E-state index contributed by atoms with van der Waals surface area (Å²) >= 11 is 0. The quantitative estimate of drug-likeness (QED) is 0.907. The van der Waals surface area contributed by atoms with Crippen LogP contribution in [0.5, 0.6) is 0 Å². The molecule has 106 valence electrons. The Morgan fingerprint density at radius 3 is 2.58 bits per heavy atom. The Kier molecular flexibility index (Phi) is 3.87. The molecule has 1 saturated carbocycles. The number of hydrogen-bond donors (Lipinski definition) is 1. The van der Waals surface area contributed by atoms with Gasteiger partial charge in [0, 0.05) is 11.8 Å². The number of aromatic nitrogens is 2. The van der Waals surface area contributed by atoms with Crippen molar-refractivity contribution in [1.82, 2.24) is 15.5 Å². The molecular formula is C15H25N3O. The lowest BCUT2D eigenvalue weighted by molar-refractivity contribution is 0.251. The Morgan fingerprint density at radius 1 is 1.26 bits per heavy atom. The minimum atomic E-state index is 0.398. The van der Waals surface area contributed by atoms with Gasteiger partial charge in [-0.3, -0.25) is 0 Å². The van der Waals surface area contributed by atoms with Crippen LogP contribution in [0.25, 0.3) is 0 Å². The van der Waals surface area contributed by atoms with Gasteiger partial charge in [-0.15, -0.1) is 0 Å². The van der Waals surface area contributed by atoms with Crippen molar-refractivity contribution in [1.29, 1.82) is 0 Å². The van der Waals surface area contributed by atoms with Crippen LogP contribution in [0.15, 0.2) is 4.52 Å². The van der Waals surface area contributed by atoms with Gasteiger partial charge in [0.15, 0.2) is 5.82 Å². The highest BCUT2D eigenvalue weighted by atomic mass is 16.5. The highest BCUT2D eigenvalue weighted by Gasteiger charge is 2.30. The number of hydrogen-bond acceptors (Lipinski definition) is 4. The van der Waals surface area contributed by atoms with E-state index >= 15 is 0 Å². The van der Waals surface area contributed by atoms with Crippen LogP contribution in [0, 0.1) is 11.8 Å². The number of nitrogens with one attached hydrogen (secondary N) is 1. The van der Waals surface area contributed by atoms with E-state index < -0.39 is 0 Å². The maximum absolute atomic E-state index is 5.50. The molecule has 2 fully saturated rings. The van der Waals surface area contributed by atoms with Crippen LogP contribution < -0.4 is 5.32 Å². The maximum Gasteiger partial charge on any atom is 0.229 e. The van der Waals surface area contributed by atoms with Gasteiger partial charge in [0.2, 0.25) is 5.89 Å². The third kappa shape index (κ3) is 2.69. The van der Waals surface area contributed by atoms with Gasteiger partial charge in [0.25, 0.3) is 0 Å². The van der Waals surface area contributed by atoms with Gasteiger partial charge in [-0.05, 0) is 50.6 Å². The average Bonchev–Trinajstić information content (AvgIpc) is 2.86. The van der Waals surface area contributed by atoms with E-state index in [-0.39, 0.29) is 0 Å². The summed E-state index contributed by atoms with van der Waals surface area (Å²) < 4.78 is 5.50. The molecule has 1 aliphatic carbocycles. The molecule has 4 nitrogen and oxygen atoms in total. The summed E-state index contributed by atoms with van der Waals surface area (Å²) in [7, 11) is 0. The molecule has 19 heavy (non-hydrogen) atoms. The molecule has 1 unspecified atom stereocenters. The number of rotatable bonds is 4. The van der Waals surface area contributed by atoms with Crippen molar-refractivity contribution in [2.24, 2.45) is 11.8 Å². The Hall–Kier alpha value is -0.900. The van der Waals surface area contributed by atoms with E-state index in [0.717, 1.165) is 30.7 Å². The molecule has 2 heterocycles. The van der Waals surface area contributed by atoms with Gasteiger partial charge in [-0.2, -0.15) is 4.98 Å². The van der Waals surface area contributed by atoms with Crippen molar-refractivity contribution in [2.45, 2.75) is 57.8 Å². The van der Waals surface area contributed by atoms with Crippen molar-refractivity contribution in [2.75, 3.05) is 13.1 Å². The molecule has 1 saturated heterocycles. The predicted octanol–water partition coefficient (Wildman–Crippen LogP) is 3.08. The summed E-state index contributed by atoms with van der Waals surface area (Å²) in [6, 6.07) is 0. The second-order valence-corrected chi connectivity index (χ2v) is 6.32. The van der Waals surface area contributed by atoms with Gasteiger partial charge in [-0.25, -0.2) is 0 Å². The van der Waals surface area contributed by atoms with Gasteiger partial charge < -0.3 is 9.84 Å². The van der Waals surface area contributed by atoms with Crippen LogP contribution in [-0.2, 0) is 0 Å². The van der Waals surface area contributed by atoms with Crippen LogP contribution in [0.4, 0.5) is 0 Å². The van der Waals surface area contributed by atoms with Gasteiger partial charge in [-0.1, -0.05) is 25.4 Å². The second kappa shape index (κ2) is 5.61. The predicted molar refractivity (Wildman–Crippen MR) is 74.1 cm³/mol. The number of nitrogens with zero attached hydrogens (tertiary/aromatic N) is 2. The smallest absolute Gasteiger partial charge is 0.229 e. The minimum absolute atomic E-state index is 0.398. The maximum atomic E-state index is 5.50. The summed E-state index contributed by atoms with van der Waals surface area (Å²) in [6.07, 6.45) is 6.43. The van der Waals surface area contributed by atoms with Crippen molar-refractivity contribution < 1.29 is 4.52 Å².